The summed E-state index contributed by atoms with van der Waals surface area (Å²) < 4.78 is 24.3. The molecule has 0 aliphatic heterocycles. The fourth-order valence-electron chi connectivity index (χ4n) is 2.11. The summed E-state index contributed by atoms with van der Waals surface area (Å²) in [5.41, 5.74) is 1.64. The van der Waals surface area contributed by atoms with Crippen molar-refractivity contribution in [2.24, 2.45) is 5.92 Å². The number of aryl methyl sites for hydroxylation is 1. The lowest BCUT2D eigenvalue weighted by Gasteiger charge is -2.14. The van der Waals surface area contributed by atoms with Crippen LogP contribution in [0.3, 0.4) is 0 Å². The number of carbonyl (C=O) groups is 1. The molecule has 0 fully saturated rings. The monoisotopic (exact) mass is 331 g/mol. The third-order valence-corrected chi connectivity index (χ3v) is 3.45. The lowest BCUT2D eigenvalue weighted by Crippen LogP contribution is -2.13. The van der Waals surface area contributed by atoms with Gasteiger partial charge in [-0.2, -0.15) is 0 Å². The molecule has 2 rings (SSSR count). The minimum Gasteiger partial charge on any atom is -0.493 e. The van der Waals surface area contributed by atoms with E-state index in [0.29, 0.717) is 35.3 Å². The SMILES string of the molecule is COc1cc(C(=O)Nc2cc(F)ccc2C)ccc1OCC(C)C. The number of anilines is 1. The van der Waals surface area contributed by atoms with E-state index in [2.05, 4.69) is 19.2 Å². The molecular formula is C19H22FNO3. The van der Waals surface area contributed by atoms with E-state index >= 15 is 0 Å². The molecule has 1 amide bonds. The number of nitrogens with one attached hydrogen (secondary N) is 1. The molecule has 128 valence electrons. The zero-order valence-electron chi connectivity index (χ0n) is 14.4. The normalized spacial score (nSPS) is 10.6. The van der Waals surface area contributed by atoms with E-state index in [1.165, 1.54) is 19.2 Å². The Balaban J connectivity index is 2.19. The summed E-state index contributed by atoms with van der Waals surface area (Å²) in [6, 6.07) is 9.24. The van der Waals surface area contributed by atoms with Gasteiger partial charge in [0.05, 0.1) is 13.7 Å². The number of rotatable bonds is 6. The van der Waals surface area contributed by atoms with Gasteiger partial charge in [-0.1, -0.05) is 19.9 Å². The number of carbonyl (C=O) groups excluding carboxylic acids is 1. The van der Waals surface area contributed by atoms with Gasteiger partial charge in [-0.05, 0) is 48.7 Å². The molecule has 4 nitrogen and oxygen atoms in total. The van der Waals surface area contributed by atoms with E-state index in [9.17, 15) is 9.18 Å². The summed E-state index contributed by atoms with van der Waals surface area (Å²) in [5, 5.41) is 2.71. The first-order valence-corrected chi connectivity index (χ1v) is 7.79. The fraction of sp³-hybridized carbons (Fsp3) is 0.316. The van der Waals surface area contributed by atoms with Crippen molar-refractivity contribution in [3.05, 3.63) is 53.3 Å². The number of hydrogen-bond donors (Lipinski definition) is 1. The van der Waals surface area contributed by atoms with Gasteiger partial charge < -0.3 is 14.8 Å². The average molecular weight is 331 g/mol. The second kappa shape index (κ2) is 7.81. The minimum absolute atomic E-state index is 0.336. The maximum absolute atomic E-state index is 13.3. The van der Waals surface area contributed by atoms with Gasteiger partial charge in [0.15, 0.2) is 11.5 Å². The first kappa shape index (κ1) is 17.8. The Morgan fingerprint density at radius 1 is 1.17 bits per heavy atom. The molecule has 0 aliphatic carbocycles. The molecule has 0 spiro atoms. The Morgan fingerprint density at radius 3 is 2.58 bits per heavy atom. The van der Waals surface area contributed by atoms with Gasteiger partial charge in [0.1, 0.15) is 5.82 Å². The maximum atomic E-state index is 13.3. The Morgan fingerprint density at radius 2 is 1.92 bits per heavy atom. The molecule has 2 aromatic rings. The van der Waals surface area contributed by atoms with Gasteiger partial charge >= 0.3 is 0 Å². The van der Waals surface area contributed by atoms with Gasteiger partial charge in [-0.25, -0.2) is 4.39 Å². The lowest BCUT2D eigenvalue weighted by molar-refractivity contribution is 0.102. The van der Waals surface area contributed by atoms with Crippen molar-refractivity contribution in [2.75, 3.05) is 19.0 Å². The molecule has 0 aliphatic rings. The van der Waals surface area contributed by atoms with Crippen molar-refractivity contribution >= 4 is 11.6 Å². The van der Waals surface area contributed by atoms with Crippen molar-refractivity contribution in [1.82, 2.24) is 0 Å². The van der Waals surface area contributed by atoms with E-state index in [-0.39, 0.29) is 5.91 Å². The standard InChI is InChI=1S/C19H22FNO3/c1-12(2)11-24-17-8-6-14(9-18(17)23-4)19(22)21-16-10-15(20)7-5-13(16)3/h5-10,12H,11H2,1-4H3,(H,21,22). The summed E-state index contributed by atoms with van der Waals surface area (Å²) in [5.74, 6) is 0.723. The predicted molar refractivity (Wildman–Crippen MR) is 92.4 cm³/mol. The lowest BCUT2D eigenvalue weighted by atomic mass is 10.1. The van der Waals surface area contributed by atoms with Crippen LogP contribution in [-0.4, -0.2) is 19.6 Å². The molecule has 0 heterocycles. The van der Waals surface area contributed by atoms with Crippen molar-refractivity contribution in [3.63, 3.8) is 0 Å². The summed E-state index contributed by atoms with van der Waals surface area (Å²) in [7, 11) is 1.52. The highest BCUT2D eigenvalue weighted by molar-refractivity contribution is 6.05. The van der Waals surface area contributed by atoms with Crippen LogP contribution in [0.4, 0.5) is 10.1 Å². The molecule has 0 saturated carbocycles. The predicted octanol–water partition coefficient (Wildman–Crippen LogP) is 4.43. The van der Waals surface area contributed by atoms with Gasteiger partial charge in [-0.15, -0.1) is 0 Å². The third kappa shape index (κ3) is 4.47. The van der Waals surface area contributed by atoms with Crippen molar-refractivity contribution in [2.45, 2.75) is 20.8 Å². The quantitative estimate of drug-likeness (QED) is 0.852. The number of halogens is 1. The van der Waals surface area contributed by atoms with Gasteiger partial charge in [0.25, 0.3) is 5.91 Å². The summed E-state index contributed by atoms with van der Waals surface area (Å²) in [6.07, 6.45) is 0. The van der Waals surface area contributed by atoms with Crippen molar-refractivity contribution in [3.8, 4) is 11.5 Å². The second-order valence-corrected chi connectivity index (χ2v) is 5.98. The first-order chi connectivity index (χ1) is 11.4. The second-order valence-electron chi connectivity index (χ2n) is 5.98. The van der Waals surface area contributed by atoms with Crippen LogP contribution in [0, 0.1) is 18.7 Å². The van der Waals surface area contributed by atoms with E-state index in [0.717, 1.165) is 5.56 Å². The Labute approximate surface area is 141 Å². The summed E-state index contributed by atoms with van der Waals surface area (Å²) in [6.45, 7) is 6.47. The average Bonchev–Trinajstić information content (AvgIpc) is 2.56. The Kier molecular flexibility index (Phi) is 5.79. The smallest absolute Gasteiger partial charge is 0.255 e. The van der Waals surface area contributed by atoms with Gasteiger partial charge in [0.2, 0.25) is 0 Å². The largest absolute Gasteiger partial charge is 0.493 e. The molecule has 0 bridgehead atoms. The van der Waals surface area contributed by atoms with Gasteiger partial charge in [-0.3, -0.25) is 4.79 Å². The van der Waals surface area contributed by atoms with Crippen LogP contribution in [0.5, 0.6) is 11.5 Å². The molecule has 0 radical (unpaired) electrons. The summed E-state index contributed by atoms with van der Waals surface area (Å²) >= 11 is 0. The van der Waals surface area contributed by atoms with Crippen molar-refractivity contribution in [1.29, 1.82) is 0 Å². The molecule has 0 saturated heterocycles. The first-order valence-electron chi connectivity index (χ1n) is 7.79. The molecule has 5 heteroatoms. The summed E-state index contributed by atoms with van der Waals surface area (Å²) in [4.78, 5) is 12.4. The maximum Gasteiger partial charge on any atom is 0.255 e. The molecular weight excluding hydrogens is 309 g/mol. The highest BCUT2D eigenvalue weighted by Crippen LogP contribution is 2.29. The highest BCUT2D eigenvalue weighted by atomic mass is 19.1. The zero-order chi connectivity index (χ0) is 17.7. The molecule has 2 aromatic carbocycles. The van der Waals surface area contributed by atoms with Crippen LogP contribution in [0.25, 0.3) is 0 Å². The molecule has 0 unspecified atom stereocenters. The Hall–Kier alpha value is -2.56. The zero-order valence-corrected chi connectivity index (χ0v) is 14.4. The molecule has 1 N–H and O–H groups in total. The van der Waals surface area contributed by atoms with E-state index < -0.39 is 5.82 Å². The molecule has 0 aromatic heterocycles. The number of methoxy groups -OCH3 is 1. The van der Waals surface area contributed by atoms with Crippen LogP contribution in [0.15, 0.2) is 36.4 Å². The van der Waals surface area contributed by atoms with Crippen LogP contribution in [-0.2, 0) is 0 Å². The molecule has 24 heavy (non-hydrogen) atoms. The number of amides is 1. The van der Waals surface area contributed by atoms with Crippen LogP contribution in [0.2, 0.25) is 0 Å². The minimum atomic E-state index is -0.397. The Bertz CT molecular complexity index is 729. The highest BCUT2D eigenvalue weighted by Gasteiger charge is 2.13. The topological polar surface area (TPSA) is 47.6 Å². The number of benzene rings is 2. The van der Waals surface area contributed by atoms with E-state index in [1.807, 2.05) is 0 Å². The van der Waals surface area contributed by atoms with Crippen LogP contribution in [0.1, 0.15) is 29.8 Å². The third-order valence-electron chi connectivity index (χ3n) is 3.45. The number of hydrogen-bond acceptors (Lipinski definition) is 3. The van der Waals surface area contributed by atoms with E-state index in [4.69, 9.17) is 9.47 Å². The van der Waals surface area contributed by atoms with Crippen LogP contribution >= 0.6 is 0 Å². The van der Waals surface area contributed by atoms with E-state index in [1.54, 1.807) is 31.2 Å². The molecule has 0 atom stereocenters. The van der Waals surface area contributed by atoms with Crippen molar-refractivity contribution < 1.29 is 18.7 Å². The van der Waals surface area contributed by atoms with Crippen LogP contribution < -0.4 is 14.8 Å². The van der Waals surface area contributed by atoms with Gasteiger partial charge in [0, 0.05) is 11.3 Å². The number of ether oxygens (including phenoxy) is 2. The fourth-order valence-corrected chi connectivity index (χ4v) is 2.11.